The molecule has 0 saturated carbocycles. The van der Waals surface area contributed by atoms with Crippen molar-refractivity contribution in [3.8, 4) is 6.07 Å². The van der Waals surface area contributed by atoms with Gasteiger partial charge in [-0.05, 0) is 17.7 Å². The number of nitrogens with zero attached hydrogens (tertiary/aromatic N) is 3. The van der Waals surface area contributed by atoms with Gasteiger partial charge in [0.25, 0.3) is 0 Å². The molecule has 1 N–H and O–H groups in total. The molecule has 0 bridgehead atoms. The molecule has 0 amide bonds. The Hall–Kier alpha value is -1.48. The Morgan fingerprint density at radius 3 is 2.60 bits per heavy atom. The van der Waals surface area contributed by atoms with Crippen LogP contribution in [-0.2, 0) is 6.54 Å². The molecule has 0 radical (unpaired) electrons. The number of nitrogens with one attached hydrogen (secondary N) is 1. The van der Waals surface area contributed by atoms with Crippen molar-refractivity contribution in [1.29, 1.82) is 5.26 Å². The quantitative estimate of drug-likeness (QED) is 0.885. The van der Waals surface area contributed by atoms with Crippen molar-refractivity contribution >= 4 is 0 Å². The predicted molar refractivity (Wildman–Crippen MR) is 74.6 cm³/mol. The summed E-state index contributed by atoms with van der Waals surface area (Å²) < 4.78 is 13.3. The molecule has 2 saturated heterocycles. The average molecular weight is 274 g/mol. The molecule has 5 heteroatoms. The first-order chi connectivity index (χ1) is 9.76. The van der Waals surface area contributed by atoms with Crippen LogP contribution >= 0.6 is 0 Å². The first kappa shape index (κ1) is 13.5. The van der Waals surface area contributed by atoms with Gasteiger partial charge in [0.2, 0.25) is 0 Å². The van der Waals surface area contributed by atoms with Crippen molar-refractivity contribution in [2.24, 2.45) is 0 Å². The van der Waals surface area contributed by atoms with Crippen LogP contribution in [0.5, 0.6) is 0 Å². The summed E-state index contributed by atoms with van der Waals surface area (Å²) in [4.78, 5) is 4.91. The number of benzene rings is 1. The lowest BCUT2D eigenvalue weighted by Gasteiger charge is -2.43. The van der Waals surface area contributed by atoms with Crippen LogP contribution < -0.4 is 5.32 Å². The molecular weight excluding hydrogens is 255 g/mol. The van der Waals surface area contributed by atoms with Gasteiger partial charge >= 0.3 is 0 Å². The number of piperazine rings is 1. The topological polar surface area (TPSA) is 42.3 Å². The summed E-state index contributed by atoms with van der Waals surface area (Å²) in [6, 6.07) is 7.45. The van der Waals surface area contributed by atoms with Gasteiger partial charge in [0, 0.05) is 51.9 Å². The Bertz CT molecular complexity index is 513. The van der Waals surface area contributed by atoms with E-state index >= 15 is 0 Å². The predicted octanol–water partition coefficient (Wildman–Crippen LogP) is 0.787. The lowest BCUT2D eigenvalue weighted by atomic mass is 10.1. The van der Waals surface area contributed by atoms with E-state index < -0.39 is 5.82 Å². The highest BCUT2D eigenvalue weighted by Gasteiger charge is 2.27. The smallest absolute Gasteiger partial charge is 0.140 e. The second-order valence-corrected chi connectivity index (χ2v) is 5.55. The number of hydrogen-bond donors (Lipinski definition) is 1. The zero-order valence-corrected chi connectivity index (χ0v) is 11.5. The molecule has 0 aliphatic carbocycles. The molecule has 20 heavy (non-hydrogen) atoms. The summed E-state index contributed by atoms with van der Waals surface area (Å²) in [5.74, 6) is -0.432. The Kier molecular flexibility index (Phi) is 3.97. The van der Waals surface area contributed by atoms with Crippen LogP contribution in [0.15, 0.2) is 18.2 Å². The number of hydrogen-bond acceptors (Lipinski definition) is 4. The van der Waals surface area contributed by atoms with E-state index in [1.165, 1.54) is 6.07 Å². The third-order valence-electron chi connectivity index (χ3n) is 4.24. The van der Waals surface area contributed by atoms with Gasteiger partial charge in [-0.2, -0.15) is 5.26 Å². The molecule has 1 aromatic carbocycles. The van der Waals surface area contributed by atoms with Crippen molar-refractivity contribution in [1.82, 2.24) is 15.1 Å². The number of nitriles is 1. The van der Waals surface area contributed by atoms with Crippen LogP contribution in [0.3, 0.4) is 0 Å². The van der Waals surface area contributed by atoms with E-state index in [2.05, 4.69) is 15.1 Å². The minimum atomic E-state index is -0.432. The molecule has 2 aliphatic heterocycles. The lowest BCUT2D eigenvalue weighted by molar-refractivity contribution is 0.0695. The Morgan fingerprint density at radius 2 is 2.00 bits per heavy atom. The molecular formula is C15H19FN4. The van der Waals surface area contributed by atoms with Gasteiger partial charge in [-0.1, -0.05) is 6.07 Å². The highest BCUT2D eigenvalue weighted by molar-refractivity contribution is 5.34. The fourth-order valence-corrected chi connectivity index (χ4v) is 2.83. The molecule has 0 spiro atoms. The van der Waals surface area contributed by atoms with Crippen molar-refractivity contribution < 1.29 is 4.39 Å². The summed E-state index contributed by atoms with van der Waals surface area (Å²) in [5.41, 5.74) is 1.16. The molecule has 2 fully saturated rings. The average Bonchev–Trinajstić information content (AvgIpc) is 2.41. The highest BCUT2D eigenvalue weighted by Crippen LogP contribution is 2.15. The summed E-state index contributed by atoms with van der Waals surface area (Å²) in [5, 5.41) is 12.2. The van der Waals surface area contributed by atoms with Crippen LogP contribution in [0.2, 0.25) is 0 Å². The summed E-state index contributed by atoms with van der Waals surface area (Å²) in [7, 11) is 0. The minimum absolute atomic E-state index is 0.140. The van der Waals surface area contributed by atoms with Crippen LogP contribution in [0, 0.1) is 17.1 Å². The van der Waals surface area contributed by atoms with Crippen molar-refractivity contribution in [2.45, 2.75) is 12.6 Å². The number of halogens is 1. The standard InChI is InChI=1S/C15H19FN4/c16-15-2-1-12(7-13(15)8-17)11-19-3-5-20(6-4-19)14-9-18-10-14/h1-2,7,14,18H,3-6,9-11H2. The third kappa shape index (κ3) is 2.83. The Morgan fingerprint density at radius 1 is 1.25 bits per heavy atom. The van der Waals surface area contributed by atoms with E-state index in [0.29, 0.717) is 6.04 Å². The second-order valence-electron chi connectivity index (χ2n) is 5.55. The zero-order chi connectivity index (χ0) is 13.9. The first-order valence-corrected chi connectivity index (χ1v) is 7.12. The molecule has 3 rings (SSSR count). The SMILES string of the molecule is N#Cc1cc(CN2CCN(C3CNC3)CC2)ccc1F. The van der Waals surface area contributed by atoms with E-state index in [1.54, 1.807) is 12.1 Å². The molecule has 0 atom stereocenters. The zero-order valence-electron chi connectivity index (χ0n) is 11.5. The van der Waals surface area contributed by atoms with E-state index in [0.717, 1.165) is 51.4 Å². The molecule has 1 aromatic rings. The third-order valence-corrected chi connectivity index (χ3v) is 4.24. The summed E-state index contributed by atoms with van der Waals surface area (Å²) in [6.07, 6.45) is 0. The fraction of sp³-hybridized carbons (Fsp3) is 0.533. The molecule has 4 nitrogen and oxygen atoms in total. The number of rotatable bonds is 3. The molecule has 0 aromatic heterocycles. The van der Waals surface area contributed by atoms with Gasteiger partial charge in [0.15, 0.2) is 0 Å². The minimum Gasteiger partial charge on any atom is -0.314 e. The van der Waals surface area contributed by atoms with Gasteiger partial charge in [-0.15, -0.1) is 0 Å². The van der Waals surface area contributed by atoms with Gasteiger partial charge in [-0.25, -0.2) is 4.39 Å². The largest absolute Gasteiger partial charge is 0.314 e. The monoisotopic (exact) mass is 274 g/mol. The maximum Gasteiger partial charge on any atom is 0.140 e. The maximum absolute atomic E-state index is 13.3. The van der Waals surface area contributed by atoms with Crippen molar-refractivity contribution in [2.75, 3.05) is 39.3 Å². The molecule has 0 unspecified atom stereocenters. The van der Waals surface area contributed by atoms with Gasteiger partial charge in [-0.3, -0.25) is 9.80 Å². The molecule has 2 aliphatic rings. The highest BCUT2D eigenvalue weighted by atomic mass is 19.1. The second kappa shape index (κ2) is 5.88. The van der Waals surface area contributed by atoms with Gasteiger partial charge < -0.3 is 5.32 Å². The van der Waals surface area contributed by atoms with Crippen LogP contribution in [0.25, 0.3) is 0 Å². The molecule has 2 heterocycles. The maximum atomic E-state index is 13.3. The van der Waals surface area contributed by atoms with Crippen LogP contribution in [-0.4, -0.2) is 55.1 Å². The van der Waals surface area contributed by atoms with E-state index in [-0.39, 0.29) is 5.56 Å². The first-order valence-electron chi connectivity index (χ1n) is 7.12. The normalized spacial score (nSPS) is 21.4. The summed E-state index contributed by atoms with van der Waals surface area (Å²) in [6.45, 7) is 7.29. The van der Waals surface area contributed by atoms with E-state index in [9.17, 15) is 4.39 Å². The van der Waals surface area contributed by atoms with Crippen LogP contribution in [0.1, 0.15) is 11.1 Å². The summed E-state index contributed by atoms with van der Waals surface area (Å²) >= 11 is 0. The van der Waals surface area contributed by atoms with E-state index in [4.69, 9.17) is 5.26 Å². The van der Waals surface area contributed by atoms with Crippen molar-refractivity contribution in [3.63, 3.8) is 0 Å². The Labute approximate surface area is 118 Å². The van der Waals surface area contributed by atoms with E-state index in [1.807, 2.05) is 6.07 Å². The lowest BCUT2D eigenvalue weighted by Crippen LogP contribution is -2.61. The van der Waals surface area contributed by atoms with Crippen molar-refractivity contribution in [3.05, 3.63) is 35.1 Å². The van der Waals surface area contributed by atoms with Crippen LogP contribution in [0.4, 0.5) is 4.39 Å². The fourth-order valence-electron chi connectivity index (χ4n) is 2.83. The van der Waals surface area contributed by atoms with Gasteiger partial charge in [0.1, 0.15) is 11.9 Å². The van der Waals surface area contributed by atoms with Gasteiger partial charge in [0.05, 0.1) is 5.56 Å². The molecule has 106 valence electrons. The Balaban J connectivity index is 1.55.